The highest BCUT2D eigenvalue weighted by Crippen LogP contribution is 2.18. The zero-order chi connectivity index (χ0) is 14.5. The van der Waals surface area contributed by atoms with Gasteiger partial charge in [-0.15, -0.1) is 0 Å². The number of aromatic nitrogens is 2. The van der Waals surface area contributed by atoms with Gasteiger partial charge in [-0.1, -0.05) is 33.2 Å². The van der Waals surface area contributed by atoms with Crippen molar-refractivity contribution in [1.29, 1.82) is 0 Å². The van der Waals surface area contributed by atoms with Crippen LogP contribution in [0.4, 0.5) is 5.82 Å². The molecular formula is C13H14BrN5O. The van der Waals surface area contributed by atoms with Crippen molar-refractivity contribution in [2.45, 2.75) is 6.54 Å². The smallest absolute Gasteiger partial charge is 0.192 e. The third-order valence-electron chi connectivity index (χ3n) is 2.70. The third kappa shape index (κ3) is 3.24. The second-order valence-corrected chi connectivity index (χ2v) is 5.12. The minimum absolute atomic E-state index is 0.0609. The molecule has 0 saturated carbocycles. The lowest BCUT2D eigenvalue weighted by atomic mass is 10.2. The Morgan fingerprint density at radius 2 is 2.15 bits per heavy atom. The van der Waals surface area contributed by atoms with Crippen molar-refractivity contribution < 1.29 is 5.21 Å². The molecule has 2 rings (SSSR count). The molecule has 0 fully saturated rings. The molecular weight excluding hydrogens is 322 g/mol. The number of rotatable bonds is 4. The number of amidine groups is 1. The molecule has 0 aliphatic rings. The fourth-order valence-electron chi connectivity index (χ4n) is 1.82. The summed E-state index contributed by atoms with van der Waals surface area (Å²) < 4.78 is 1.01. The van der Waals surface area contributed by atoms with E-state index in [4.69, 9.17) is 10.9 Å². The number of nitrogens with zero attached hydrogens (tertiary/aromatic N) is 4. The van der Waals surface area contributed by atoms with Crippen molar-refractivity contribution in [2.24, 2.45) is 10.9 Å². The normalized spacial score (nSPS) is 11.4. The molecule has 1 heterocycles. The molecule has 6 nitrogen and oxygen atoms in total. The van der Waals surface area contributed by atoms with E-state index in [-0.39, 0.29) is 5.84 Å². The molecule has 0 bridgehead atoms. The summed E-state index contributed by atoms with van der Waals surface area (Å²) in [6.45, 7) is 0.629. The first-order chi connectivity index (χ1) is 9.61. The number of anilines is 1. The average Bonchev–Trinajstić information content (AvgIpc) is 2.46. The average molecular weight is 336 g/mol. The van der Waals surface area contributed by atoms with Gasteiger partial charge in [-0.05, 0) is 17.7 Å². The molecule has 104 valence electrons. The topological polar surface area (TPSA) is 87.6 Å². The maximum absolute atomic E-state index is 8.79. The Bertz CT molecular complexity index is 632. The van der Waals surface area contributed by atoms with Gasteiger partial charge < -0.3 is 15.8 Å². The SMILES string of the molecule is CN(Cc1cccc(Br)c1)c1nccnc1C(N)=NO. The fourth-order valence-corrected chi connectivity index (χ4v) is 2.27. The van der Waals surface area contributed by atoms with E-state index in [0.717, 1.165) is 10.0 Å². The Morgan fingerprint density at radius 3 is 2.85 bits per heavy atom. The summed E-state index contributed by atoms with van der Waals surface area (Å²) in [5, 5.41) is 11.8. The molecule has 0 radical (unpaired) electrons. The first-order valence-corrected chi connectivity index (χ1v) is 6.65. The van der Waals surface area contributed by atoms with Crippen LogP contribution in [0, 0.1) is 0 Å². The second kappa shape index (κ2) is 6.33. The molecule has 0 unspecified atom stereocenters. The molecule has 0 aliphatic carbocycles. The van der Waals surface area contributed by atoms with Crippen LogP contribution >= 0.6 is 15.9 Å². The lowest BCUT2D eigenvalue weighted by Crippen LogP contribution is -2.24. The molecule has 0 aliphatic heterocycles. The van der Waals surface area contributed by atoms with Crippen LogP contribution in [0.25, 0.3) is 0 Å². The van der Waals surface area contributed by atoms with E-state index in [2.05, 4.69) is 31.1 Å². The first kappa shape index (κ1) is 14.3. The molecule has 3 N–H and O–H groups in total. The van der Waals surface area contributed by atoms with E-state index in [0.29, 0.717) is 18.1 Å². The predicted octanol–water partition coefficient (Wildman–Crippen LogP) is 1.97. The third-order valence-corrected chi connectivity index (χ3v) is 3.19. The van der Waals surface area contributed by atoms with Crippen LogP contribution in [0.1, 0.15) is 11.3 Å². The number of oxime groups is 1. The zero-order valence-corrected chi connectivity index (χ0v) is 12.4. The summed E-state index contributed by atoms with van der Waals surface area (Å²) in [5.74, 6) is 0.497. The maximum Gasteiger partial charge on any atom is 0.192 e. The van der Waals surface area contributed by atoms with Gasteiger partial charge in [0.2, 0.25) is 0 Å². The molecule has 2 aromatic rings. The number of benzene rings is 1. The van der Waals surface area contributed by atoms with Gasteiger partial charge in [0.25, 0.3) is 0 Å². The van der Waals surface area contributed by atoms with Crippen molar-refractivity contribution in [3.8, 4) is 0 Å². The Morgan fingerprint density at radius 1 is 1.40 bits per heavy atom. The number of halogens is 1. The Labute approximate surface area is 125 Å². The van der Waals surface area contributed by atoms with Crippen LogP contribution in [0.3, 0.4) is 0 Å². The highest BCUT2D eigenvalue weighted by atomic mass is 79.9. The fraction of sp³-hybridized carbons (Fsp3) is 0.154. The van der Waals surface area contributed by atoms with Gasteiger partial charge in [0.05, 0.1) is 0 Å². The molecule has 0 saturated heterocycles. The van der Waals surface area contributed by atoms with Gasteiger partial charge in [0.15, 0.2) is 17.3 Å². The van der Waals surface area contributed by atoms with E-state index in [9.17, 15) is 0 Å². The highest BCUT2D eigenvalue weighted by molar-refractivity contribution is 9.10. The minimum atomic E-state index is -0.0609. The maximum atomic E-state index is 8.79. The van der Waals surface area contributed by atoms with Crippen LogP contribution in [0.15, 0.2) is 46.3 Å². The van der Waals surface area contributed by atoms with Gasteiger partial charge in [-0.25, -0.2) is 9.97 Å². The summed E-state index contributed by atoms with van der Waals surface area (Å²) in [4.78, 5) is 10.2. The van der Waals surface area contributed by atoms with Gasteiger partial charge in [-0.2, -0.15) is 0 Å². The molecule has 1 aromatic carbocycles. The largest absolute Gasteiger partial charge is 0.409 e. The van der Waals surface area contributed by atoms with Gasteiger partial charge in [0, 0.05) is 30.5 Å². The Balaban J connectivity index is 2.28. The molecule has 1 aromatic heterocycles. The monoisotopic (exact) mass is 335 g/mol. The van der Waals surface area contributed by atoms with Crippen LogP contribution in [-0.4, -0.2) is 28.1 Å². The van der Waals surface area contributed by atoms with Gasteiger partial charge in [-0.3, -0.25) is 0 Å². The van der Waals surface area contributed by atoms with Crippen molar-refractivity contribution in [3.05, 3.63) is 52.4 Å². The van der Waals surface area contributed by atoms with Crippen LogP contribution in [-0.2, 0) is 6.54 Å². The van der Waals surface area contributed by atoms with Crippen LogP contribution < -0.4 is 10.6 Å². The van der Waals surface area contributed by atoms with E-state index in [1.54, 1.807) is 6.20 Å². The number of hydrogen-bond donors (Lipinski definition) is 2. The summed E-state index contributed by atoms with van der Waals surface area (Å²) in [6.07, 6.45) is 3.07. The van der Waals surface area contributed by atoms with Crippen LogP contribution in [0.5, 0.6) is 0 Å². The predicted molar refractivity (Wildman–Crippen MR) is 80.8 cm³/mol. The van der Waals surface area contributed by atoms with Crippen LogP contribution in [0.2, 0.25) is 0 Å². The number of hydrogen-bond acceptors (Lipinski definition) is 5. The number of nitrogens with two attached hydrogens (primary N) is 1. The molecule has 0 amide bonds. The van der Waals surface area contributed by atoms with Gasteiger partial charge >= 0.3 is 0 Å². The van der Waals surface area contributed by atoms with E-state index >= 15 is 0 Å². The highest BCUT2D eigenvalue weighted by Gasteiger charge is 2.14. The standard InChI is InChI=1S/C13H14BrN5O/c1-19(8-9-3-2-4-10(14)7-9)13-11(12(15)18-20)16-5-6-17-13/h2-7,20H,8H2,1H3,(H2,15,18). The minimum Gasteiger partial charge on any atom is -0.409 e. The van der Waals surface area contributed by atoms with E-state index in [1.165, 1.54) is 6.20 Å². The molecule has 7 heteroatoms. The Hall–Kier alpha value is -2.15. The molecule has 0 spiro atoms. The van der Waals surface area contributed by atoms with Gasteiger partial charge in [0.1, 0.15) is 0 Å². The molecule has 0 atom stereocenters. The summed E-state index contributed by atoms with van der Waals surface area (Å²) in [5.41, 5.74) is 7.08. The van der Waals surface area contributed by atoms with Crippen molar-refractivity contribution in [2.75, 3.05) is 11.9 Å². The summed E-state index contributed by atoms with van der Waals surface area (Å²) >= 11 is 3.44. The molecule has 20 heavy (non-hydrogen) atoms. The second-order valence-electron chi connectivity index (χ2n) is 4.20. The van der Waals surface area contributed by atoms with Crippen molar-refractivity contribution in [1.82, 2.24) is 9.97 Å². The van der Waals surface area contributed by atoms with Crippen molar-refractivity contribution >= 4 is 27.6 Å². The van der Waals surface area contributed by atoms with E-state index in [1.807, 2.05) is 36.2 Å². The van der Waals surface area contributed by atoms with E-state index < -0.39 is 0 Å². The van der Waals surface area contributed by atoms with Crippen molar-refractivity contribution in [3.63, 3.8) is 0 Å². The lowest BCUT2D eigenvalue weighted by Gasteiger charge is -2.20. The Kier molecular flexibility index (Phi) is 4.52. The summed E-state index contributed by atoms with van der Waals surface area (Å²) in [6, 6.07) is 7.97. The summed E-state index contributed by atoms with van der Waals surface area (Å²) in [7, 11) is 1.87. The quantitative estimate of drug-likeness (QED) is 0.386. The zero-order valence-electron chi connectivity index (χ0n) is 10.9. The first-order valence-electron chi connectivity index (χ1n) is 5.86. The lowest BCUT2D eigenvalue weighted by molar-refractivity contribution is 0.318.